The van der Waals surface area contributed by atoms with Crippen molar-refractivity contribution in [3.8, 4) is 0 Å². The smallest absolute Gasteiger partial charge is 0.255 e. The van der Waals surface area contributed by atoms with Gasteiger partial charge in [0.1, 0.15) is 0 Å². The Morgan fingerprint density at radius 3 is 2.29 bits per heavy atom. The number of nitrogens with zero attached hydrogens (tertiary/aromatic N) is 1. The van der Waals surface area contributed by atoms with E-state index in [1.165, 1.54) is 4.31 Å². The minimum Gasteiger partial charge on any atom is -0.321 e. The lowest BCUT2D eigenvalue weighted by Gasteiger charge is -2.20. The fourth-order valence-corrected chi connectivity index (χ4v) is 3.49. The van der Waals surface area contributed by atoms with Gasteiger partial charge < -0.3 is 5.32 Å². The molecule has 0 spiro atoms. The number of sulfonamides is 1. The summed E-state index contributed by atoms with van der Waals surface area (Å²) in [6.07, 6.45) is 1.14. The van der Waals surface area contributed by atoms with Crippen molar-refractivity contribution in [3.63, 3.8) is 0 Å². The zero-order chi connectivity index (χ0) is 17.9. The Kier molecular flexibility index (Phi) is 5.74. The van der Waals surface area contributed by atoms with Crippen LogP contribution in [0.4, 0.5) is 11.4 Å². The van der Waals surface area contributed by atoms with Gasteiger partial charge in [-0.3, -0.25) is 9.10 Å². The Balaban J connectivity index is 2.21. The summed E-state index contributed by atoms with van der Waals surface area (Å²) >= 11 is 11.9. The minimum absolute atomic E-state index is 0.308. The maximum atomic E-state index is 12.3. The summed E-state index contributed by atoms with van der Waals surface area (Å²) in [5.74, 6) is -0.367. The van der Waals surface area contributed by atoms with Gasteiger partial charge in [0.15, 0.2) is 0 Å². The molecular weight excluding hydrogens is 371 g/mol. The lowest BCUT2D eigenvalue weighted by atomic mass is 10.2. The quantitative estimate of drug-likeness (QED) is 0.842. The van der Waals surface area contributed by atoms with Gasteiger partial charge in [0.25, 0.3) is 5.91 Å². The van der Waals surface area contributed by atoms with Gasteiger partial charge in [-0.15, -0.1) is 0 Å². The van der Waals surface area contributed by atoms with E-state index >= 15 is 0 Å². The number of anilines is 2. The lowest BCUT2D eigenvalue weighted by molar-refractivity contribution is 0.102. The molecule has 0 saturated carbocycles. The molecule has 2 rings (SSSR count). The Morgan fingerprint density at radius 2 is 1.75 bits per heavy atom. The zero-order valence-electron chi connectivity index (χ0n) is 13.1. The van der Waals surface area contributed by atoms with E-state index in [0.29, 0.717) is 33.5 Å². The van der Waals surface area contributed by atoms with Crippen LogP contribution < -0.4 is 9.62 Å². The molecule has 5 nitrogen and oxygen atoms in total. The van der Waals surface area contributed by atoms with Crippen molar-refractivity contribution in [1.29, 1.82) is 0 Å². The summed E-state index contributed by atoms with van der Waals surface area (Å²) in [7, 11) is -3.36. The summed E-state index contributed by atoms with van der Waals surface area (Å²) in [6.45, 7) is 2.05. The Morgan fingerprint density at radius 1 is 1.12 bits per heavy atom. The van der Waals surface area contributed by atoms with Gasteiger partial charge in [-0.1, -0.05) is 23.2 Å². The van der Waals surface area contributed by atoms with Crippen molar-refractivity contribution < 1.29 is 13.2 Å². The van der Waals surface area contributed by atoms with Gasteiger partial charge in [-0.25, -0.2) is 8.42 Å². The van der Waals surface area contributed by atoms with Crippen LogP contribution in [0.3, 0.4) is 0 Å². The van der Waals surface area contributed by atoms with Crippen molar-refractivity contribution >= 4 is 50.5 Å². The number of carbonyl (C=O) groups excluding carboxylic acids is 1. The van der Waals surface area contributed by atoms with E-state index < -0.39 is 10.0 Å². The standard InChI is InChI=1S/C16H16Cl2N2O3S/c1-3-20(24(2,22)23)13-7-4-11(5-8-13)16(21)19-15-10-12(17)6-9-14(15)18/h4-10H,3H2,1-2H3,(H,19,21). The van der Waals surface area contributed by atoms with Crippen LogP contribution in [0.15, 0.2) is 42.5 Å². The second-order valence-corrected chi connectivity index (χ2v) is 7.80. The topological polar surface area (TPSA) is 66.5 Å². The molecule has 2 aromatic carbocycles. The number of benzene rings is 2. The van der Waals surface area contributed by atoms with Crippen LogP contribution in [0.1, 0.15) is 17.3 Å². The molecule has 1 amide bonds. The molecule has 2 aromatic rings. The predicted octanol–water partition coefficient (Wildman–Crippen LogP) is 4.03. The lowest BCUT2D eigenvalue weighted by Crippen LogP contribution is -2.29. The Hall–Kier alpha value is -1.76. The number of amides is 1. The van der Waals surface area contributed by atoms with Crippen molar-refractivity contribution in [2.75, 3.05) is 22.4 Å². The molecule has 0 aliphatic carbocycles. The second-order valence-electron chi connectivity index (χ2n) is 5.05. The van der Waals surface area contributed by atoms with Gasteiger partial charge in [0, 0.05) is 17.1 Å². The summed E-state index contributed by atoms with van der Waals surface area (Å²) in [5, 5.41) is 3.50. The summed E-state index contributed by atoms with van der Waals surface area (Å²) < 4.78 is 24.7. The van der Waals surface area contributed by atoms with E-state index in [-0.39, 0.29) is 5.91 Å². The van der Waals surface area contributed by atoms with E-state index in [1.54, 1.807) is 49.4 Å². The second kappa shape index (κ2) is 7.42. The van der Waals surface area contributed by atoms with E-state index in [1.807, 2.05) is 0 Å². The van der Waals surface area contributed by atoms with E-state index in [4.69, 9.17) is 23.2 Å². The maximum Gasteiger partial charge on any atom is 0.255 e. The number of hydrogen-bond donors (Lipinski definition) is 1. The Bertz CT molecular complexity index is 852. The number of carbonyl (C=O) groups is 1. The van der Waals surface area contributed by atoms with Crippen LogP contribution in [0, 0.1) is 0 Å². The first-order chi connectivity index (χ1) is 11.2. The largest absolute Gasteiger partial charge is 0.321 e. The average Bonchev–Trinajstić information content (AvgIpc) is 2.51. The highest BCUT2D eigenvalue weighted by Crippen LogP contribution is 2.26. The van der Waals surface area contributed by atoms with Crippen LogP contribution in [-0.4, -0.2) is 27.1 Å². The van der Waals surface area contributed by atoms with Gasteiger partial charge in [-0.2, -0.15) is 0 Å². The van der Waals surface area contributed by atoms with Gasteiger partial charge in [0.05, 0.1) is 22.7 Å². The molecule has 0 bridgehead atoms. The first-order valence-electron chi connectivity index (χ1n) is 7.06. The third-order valence-corrected chi connectivity index (χ3v) is 5.12. The molecule has 1 N–H and O–H groups in total. The molecule has 0 aliphatic heterocycles. The highest BCUT2D eigenvalue weighted by molar-refractivity contribution is 7.92. The Labute approximate surface area is 151 Å². The molecule has 0 aromatic heterocycles. The van der Waals surface area contributed by atoms with E-state index in [9.17, 15) is 13.2 Å². The summed E-state index contributed by atoms with van der Waals surface area (Å²) in [6, 6.07) is 11.0. The predicted molar refractivity (Wildman–Crippen MR) is 98.7 cm³/mol. The van der Waals surface area contributed by atoms with E-state index in [0.717, 1.165) is 6.26 Å². The van der Waals surface area contributed by atoms with Crippen molar-refractivity contribution in [1.82, 2.24) is 0 Å². The SMILES string of the molecule is CCN(c1ccc(C(=O)Nc2cc(Cl)ccc2Cl)cc1)S(C)(=O)=O. The van der Waals surface area contributed by atoms with Crippen LogP contribution >= 0.6 is 23.2 Å². The fraction of sp³-hybridized carbons (Fsp3) is 0.188. The average molecular weight is 387 g/mol. The zero-order valence-corrected chi connectivity index (χ0v) is 15.4. The molecule has 8 heteroatoms. The van der Waals surface area contributed by atoms with Crippen LogP contribution in [0.2, 0.25) is 10.0 Å². The molecule has 0 unspecified atom stereocenters. The molecule has 0 radical (unpaired) electrons. The van der Waals surface area contributed by atoms with Crippen LogP contribution in [0.5, 0.6) is 0 Å². The monoisotopic (exact) mass is 386 g/mol. The van der Waals surface area contributed by atoms with Crippen molar-refractivity contribution in [2.24, 2.45) is 0 Å². The molecule has 0 aliphatic rings. The molecule has 0 fully saturated rings. The van der Waals surface area contributed by atoms with Gasteiger partial charge in [-0.05, 0) is 49.4 Å². The first-order valence-corrected chi connectivity index (χ1v) is 9.67. The number of hydrogen-bond acceptors (Lipinski definition) is 3. The normalized spacial score (nSPS) is 11.2. The number of rotatable bonds is 5. The summed E-state index contributed by atoms with van der Waals surface area (Å²) in [4.78, 5) is 12.3. The fourth-order valence-electron chi connectivity index (χ4n) is 2.18. The molecule has 0 saturated heterocycles. The van der Waals surface area contributed by atoms with Gasteiger partial charge in [0.2, 0.25) is 10.0 Å². The third-order valence-electron chi connectivity index (χ3n) is 3.28. The highest BCUT2D eigenvalue weighted by Gasteiger charge is 2.16. The van der Waals surface area contributed by atoms with Crippen LogP contribution in [0.25, 0.3) is 0 Å². The number of halogens is 2. The molecular formula is C16H16Cl2N2O3S. The van der Waals surface area contributed by atoms with E-state index in [2.05, 4.69) is 5.32 Å². The van der Waals surface area contributed by atoms with Gasteiger partial charge >= 0.3 is 0 Å². The summed E-state index contributed by atoms with van der Waals surface area (Å²) in [5.41, 5.74) is 1.28. The maximum absolute atomic E-state index is 12.3. The third kappa shape index (κ3) is 4.41. The molecule has 0 heterocycles. The van der Waals surface area contributed by atoms with Crippen LogP contribution in [-0.2, 0) is 10.0 Å². The first kappa shape index (κ1) is 18.6. The molecule has 0 atom stereocenters. The number of nitrogens with one attached hydrogen (secondary N) is 1. The molecule has 24 heavy (non-hydrogen) atoms. The van der Waals surface area contributed by atoms with Crippen molar-refractivity contribution in [3.05, 3.63) is 58.1 Å². The highest BCUT2D eigenvalue weighted by atomic mass is 35.5. The minimum atomic E-state index is -3.36. The molecule has 128 valence electrons. The van der Waals surface area contributed by atoms with Crippen molar-refractivity contribution in [2.45, 2.75) is 6.92 Å².